The lowest BCUT2D eigenvalue weighted by Gasteiger charge is -2.29. The Morgan fingerprint density at radius 2 is 1.84 bits per heavy atom. The van der Waals surface area contributed by atoms with Crippen molar-refractivity contribution < 1.29 is 31.3 Å². The summed E-state index contributed by atoms with van der Waals surface area (Å²) in [6.45, 7) is 2.95. The first-order valence-corrected chi connectivity index (χ1v) is 11.8. The minimum atomic E-state index is -4.17. The van der Waals surface area contributed by atoms with E-state index in [0.717, 1.165) is 19.2 Å². The largest absolute Gasteiger partial charge is 0.444 e. The van der Waals surface area contributed by atoms with Gasteiger partial charge in [-0.15, -0.1) is 0 Å². The molecule has 0 spiro atoms. The van der Waals surface area contributed by atoms with Gasteiger partial charge in [0.1, 0.15) is 17.7 Å². The third kappa shape index (κ3) is 5.00. The molecule has 1 atom stereocenters. The Kier molecular flexibility index (Phi) is 6.31. The van der Waals surface area contributed by atoms with Crippen LogP contribution in [0.4, 0.5) is 25.0 Å². The number of piperazine rings is 1. The molecule has 0 unspecified atom stereocenters. The molecular weight excluding hydrogens is 444 g/mol. The van der Waals surface area contributed by atoms with Crippen LogP contribution < -0.4 is 15.1 Å². The van der Waals surface area contributed by atoms with Crippen molar-refractivity contribution in [1.29, 1.82) is 0 Å². The van der Waals surface area contributed by atoms with Gasteiger partial charge in [-0.3, -0.25) is 9.45 Å². The van der Waals surface area contributed by atoms with Gasteiger partial charge in [0.25, 0.3) is 10.1 Å². The predicted octanol–water partition coefficient (Wildman–Crippen LogP) is 2.64. The van der Waals surface area contributed by atoms with Crippen molar-refractivity contribution in [2.24, 2.45) is 0 Å². The lowest BCUT2D eigenvalue weighted by molar-refractivity contribution is 0.139. The first-order valence-electron chi connectivity index (χ1n) is 10.2. The molecule has 0 aliphatic carbocycles. The first kappa shape index (κ1) is 22.4. The number of hydrogen-bond acceptors (Lipinski definition) is 6. The lowest BCUT2D eigenvalue weighted by Crippen LogP contribution is -2.43. The monoisotopic (exact) mass is 467 g/mol. The van der Waals surface area contributed by atoms with Crippen LogP contribution >= 0.6 is 0 Å². The number of halogens is 2. The van der Waals surface area contributed by atoms with Gasteiger partial charge in [0.15, 0.2) is 0 Å². The summed E-state index contributed by atoms with van der Waals surface area (Å²) in [5.41, 5.74) is 1.28. The normalized spacial score (nSPS) is 19.3. The molecule has 0 saturated carbocycles. The van der Waals surface area contributed by atoms with Crippen molar-refractivity contribution in [2.45, 2.75) is 12.5 Å². The van der Waals surface area contributed by atoms with Crippen LogP contribution in [0.3, 0.4) is 0 Å². The Balaban J connectivity index is 1.50. The van der Waals surface area contributed by atoms with E-state index >= 15 is 0 Å². The van der Waals surface area contributed by atoms with Crippen LogP contribution in [0.2, 0.25) is 0 Å². The number of anilines is 2. The molecule has 2 fully saturated rings. The molecule has 2 aromatic rings. The fourth-order valence-electron chi connectivity index (χ4n) is 3.91. The third-order valence-corrected chi connectivity index (χ3v) is 6.30. The van der Waals surface area contributed by atoms with E-state index in [1.165, 1.54) is 23.1 Å². The Labute approximate surface area is 184 Å². The van der Waals surface area contributed by atoms with Crippen molar-refractivity contribution in [2.75, 3.05) is 48.3 Å². The molecule has 2 aliphatic rings. The summed E-state index contributed by atoms with van der Waals surface area (Å²) in [5, 5.41) is 3.21. The maximum atomic E-state index is 14.9. The van der Waals surface area contributed by atoms with E-state index in [2.05, 4.69) is 5.32 Å². The highest BCUT2D eigenvalue weighted by Gasteiger charge is 2.33. The molecule has 172 valence electrons. The van der Waals surface area contributed by atoms with Crippen LogP contribution in [-0.2, 0) is 14.9 Å². The van der Waals surface area contributed by atoms with Crippen molar-refractivity contribution >= 4 is 27.6 Å². The van der Waals surface area contributed by atoms with Gasteiger partial charge in [-0.05, 0) is 35.9 Å². The number of hydrogen-bond donors (Lipinski definition) is 2. The molecule has 11 heteroatoms. The second kappa shape index (κ2) is 9.00. The van der Waals surface area contributed by atoms with Crippen LogP contribution in [0.25, 0.3) is 11.1 Å². The van der Waals surface area contributed by atoms with E-state index in [1.54, 1.807) is 12.1 Å². The summed E-state index contributed by atoms with van der Waals surface area (Å²) >= 11 is 0. The van der Waals surface area contributed by atoms with E-state index in [0.29, 0.717) is 24.3 Å². The van der Waals surface area contributed by atoms with E-state index in [9.17, 15) is 22.0 Å². The summed E-state index contributed by atoms with van der Waals surface area (Å²) in [4.78, 5) is 15.2. The summed E-state index contributed by atoms with van der Waals surface area (Å²) in [7, 11) is -4.17. The number of amides is 1. The fourth-order valence-corrected chi connectivity index (χ4v) is 4.47. The standard InChI is InChI=1S/C21H23F2N3O5S/c22-18-12-15(26-13-16(31-21(26)27)5-10-32(28,29)30)2-3-17(18)14-1-4-20(19(23)11-14)25-8-6-24-7-9-25/h1-4,11-12,16,24H,5-10,13H2,(H,28,29,30)/t16-/m1/s1. The fraction of sp³-hybridized carbons (Fsp3) is 0.381. The van der Waals surface area contributed by atoms with Crippen LogP contribution in [0.15, 0.2) is 36.4 Å². The zero-order valence-electron chi connectivity index (χ0n) is 17.1. The van der Waals surface area contributed by atoms with E-state index in [-0.39, 0.29) is 24.2 Å². The summed E-state index contributed by atoms with van der Waals surface area (Å²) in [5.74, 6) is -1.61. The number of cyclic esters (lactones) is 1. The maximum absolute atomic E-state index is 14.9. The molecule has 32 heavy (non-hydrogen) atoms. The highest BCUT2D eigenvalue weighted by Crippen LogP contribution is 2.32. The minimum Gasteiger partial charge on any atom is -0.444 e. The second-order valence-electron chi connectivity index (χ2n) is 7.76. The first-order chi connectivity index (χ1) is 15.2. The summed E-state index contributed by atoms with van der Waals surface area (Å²) in [6, 6.07) is 8.74. The Morgan fingerprint density at radius 1 is 1.09 bits per heavy atom. The average molecular weight is 467 g/mol. The minimum absolute atomic E-state index is 0.0289. The highest BCUT2D eigenvalue weighted by atomic mass is 32.2. The zero-order chi connectivity index (χ0) is 22.9. The molecule has 2 heterocycles. The highest BCUT2D eigenvalue weighted by molar-refractivity contribution is 7.85. The number of ether oxygens (including phenoxy) is 1. The Morgan fingerprint density at radius 3 is 2.50 bits per heavy atom. The van der Waals surface area contributed by atoms with Gasteiger partial charge in [0.2, 0.25) is 0 Å². The van der Waals surface area contributed by atoms with Gasteiger partial charge in [0.05, 0.1) is 23.7 Å². The number of nitrogens with zero attached hydrogens (tertiary/aromatic N) is 2. The maximum Gasteiger partial charge on any atom is 0.414 e. The Hall–Kier alpha value is -2.76. The molecule has 2 aliphatic heterocycles. The van der Waals surface area contributed by atoms with Crippen molar-refractivity contribution in [3.63, 3.8) is 0 Å². The van der Waals surface area contributed by atoms with Gasteiger partial charge in [0, 0.05) is 38.2 Å². The number of nitrogens with one attached hydrogen (secondary N) is 1. The van der Waals surface area contributed by atoms with Crippen LogP contribution in [0.1, 0.15) is 6.42 Å². The van der Waals surface area contributed by atoms with Crippen LogP contribution in [-0.4, -0.2) is 63.6 Å². The smallest absolute Gasteiger partial charge is 0.414 e. The number of benzene rings is 2. The molecule has 0 aromatic heterocycles. The third-order valence-electron chi connectivity index (χ3n) is 5.55. The number of carbonyl (C=O) groups is 1. The molecule has 1 amide bonds. The van der Waals surface area contributed by atoms with Gasteiger partial charge >= 0.3 is 6.09 Å². The van der Waals surface area contributed by atoms with Crippen LogP contribution in [0.5, 0.6) is 0 Å². The summed E-state index contributed by atoms with van der Waals surface area (Å²) < 4.78 is 65.3. The van der Waals surface area contributed by atoms with Crippen LogP contribution in [0, 0.1) is 11.6 Å². The molecule has 2 aromatic carbocycles. The molecule has 8 nitrogen and oxygen atoms in total. The zero-order valence-corrected chi connectivity index (χ0v) is 17.9. The van der Waals surface area contributed by atoms with Crippen molar-refractivity contribution in [1.82, 2.24) is 5.32 Å². The Bertz CT molecular complexity index is 1120. The molecule has 2 saturated heterocycles. The van der Waals surface area contributed by atoms with Gasteiger partial charge < -0.3 is 15.0 Å². The topological polar surface area (TPSA) is 99.2 Å². The number of rotatable bonds is 6. The van der Waals surface area contributed by atoms with Gasteiger partial charge in [-0.1, -0.05) is 6.07 Å². The van der Waals surface area contributed by atoms with E-state index in [4.69, 9.17) is 9.29 Å². The predicted molar refractivity (Wildman–Crippen MR) is 116 cm³/mol. The van der Waals surface area contributed by atoms with Gasteiger partial charge in [-0.2, -0.15) is 8.42 Å². The second-order valence-corrected chi connectivity index (χ2v) is 9.33. The van der Waals surface area contributed by atoms with Crippen molar-refractivity contribution in [3.8, 4) is 11.1 Å². The SMILES string of the molecule is O=C1O[C@H](CCS(=O)(=O)O)CN1c1ccc(-c2ccc(N3CCNCC3)c(F)c2)c(F)c1. The molecule has 0 bridgehead atoms. The summed E-state index contributed by atoms with van der Waals surface area (Å²) in [6.07, 6.45) is -1.54. The van der Waals surface area contributed by atoms with E-state index in [1.807, 2.05) is 4.90 Å². The number of carbonyl (C=O) groups excluding carboxylic acids is 1. The lowest BCUT2D eigenvalue weighted by atomic mass is 10.0. The van der Waals surface area contributed by atoms with Gasteiger partial charge in [-0.25, -0.2) is 13.6 Å². The molecule has 0 radical (unpaired) electrons. The average Bonchev–Trinajstić information content (AvgIpc) is 3.13. The molecule has 2 N–H and O–H groups in total. The molecule has 4 rings (SSSR count). The molecular formula is C21H23F2N3O5S. The quantitative estimate of drug-likeness (QED) is 0.630. The van der Waals surface area contributed by atoms with Crippen molar-refractivity contribution in [3.05, 3.63) is 48.0 Å². The van der Waals surface area contributed by atoms with E-state index < -0.39 is 39.7 Å².